The lowest BCUT2D eigenvalue weighted by atomic mass is 10.1. The van der Waals surface area contributed by atoms with E-state index in [1.54, 1.807) is 0 Å². The van der Waals surface area contributed by atoms with Gasteiger partial charge in [0.05, 0.1) is 12.2 Å². The van der Waals surface area contributed by atoms with E-state index in [1.807, 2.05) is 0 Å². The Labute approximate surface area is 89.2 Å². The lowest BCUT2D eigenvalue weighted by molar-refractivity contribution is 0.349. The van der Waals surface area contributed by atoms with Crippen LogP contribution in [0.1, 0.15) is 71.6 Å². The summed E-state index contributed by atoms with van der Waals surface area (Å²) in [6.07, 6.45) is 13.5. The third-order valence-electron chi connectivity index (χ3n) is 3.12. The van der Waals surface area contributed by atoms with Gasteiger partial charge in [-0.05, 0) is 12.8 Å². The quantitative estimate of drug-likeness (QED) is 0.397. The van der Waals surface area contributed by atoms with Crippen LogP contribution < -0.4 is 0 Å². The van der Waals surface area contributed by atoms with Crippen molar-refractivity contribution >= 4 is 0 Å². The third kappa shape index (κ3) is 4.99. The van der Waals surface area contributed by atoms with Crippen molar-refractivity contribution in [2.75, 3.05) is 0 Å². The second-order valence-corrected chi connectivity index (χ2v) is 4.56. The van der Waals surface area contributed by atoms with Crippen molar-refractivity contribution in [1.82, 2.24) is 0 Å². The second kappa shape index (κ2) is 7.28. The van der Waals surface area contributed by atoms with E-state index in [-0.39, 0.29) is 0 Å². The molecule has 0 amide bonds. The van der Waals surface area contributed by atoms with Gasteiger partial charge in [0.25, 0.3) is 0 Å². The van der Waals surface area contributed by atoms with Crippen molar-refractivity contribution < 1.29 is 4.74 Å². The van der Waals surface area contributed by atoms with Gasteiger partial charge in [-0.25, -0.2) is 0 Å². The Kier molecular flexibility index (Phi) is 6.25. The molecule has 0 radical (unpaired) electrons. The van der Waals surface area contributed by atoms with Crippen LogP contribution in [0.3, 0.4) is 0 Å². The SMILES string of the molecule is CCCCCCCC1OC1CCCC. The molecular weight excluding hydrogens is 172 g/mol. The van der Waals surface area contributed by atoms with Crippen LogP contribution in [0.2, 0.25) is 0 Å². The average Bonchev–Trinajstić information content (AvgIpc) is 2.93. The normalized spacial score (nSPS) is 25.3. The van der Waals surface area contributed by atoms with Crippen molar-refractivity contribution in [2.45, 2.75) is 83.8 Å². The van der Waals surface area contributed by atoms with Crippen molar-refractivity contribution in [2.24, 2.45) is 0 Å². The molecule has 1 rings (SSSR count). The van der Waals surface area contributed by atoms with Crippen molar-refractivity contribution in [3.8, 4) is 0 Å². The van der Waals surface area contributed by atoms with Crippen molar-refractivity contribution in [3.05, 3.63) is 0 Å². The van der Waals surface area contributed by atoms with E-state index in [0.717, 1.165) is 0 Å². The van der Waals surface area contributed by atoms with Gasteiger partial charge in [-0.3, -0.25) is 0 Å². The Balaban J connectivity index is 1.80. The van der Waals surface area contributed by atoms with Gasteiger partial charge in [0.15, 0.2) is 0 Å². The summed E-state index contributed by atoms with van der Waals surface area (Å²) in [5.74, 6) is 0. The molecule has 2 atom stereocenters. The van der Waals surface area contributed by atoms with Gasteiger partial charge in [0.2, 0.25) is 0 Å². The minimum Gasteiger partial charge on any atom is -0.370 e. The standard InChI is InChI=1S/C13H26O/c1-3-5-7-8-9-11-13-12(14-13)10-6-4-2/h12-13H,3-11H2,1-2H3. The molecule has 0 aromatic carbocycles. The summed E-state index contributed by atoms with van der Waals surface area (Å²) < 4.78 is 5.63. The first-order valence-corrected chi connectivity index (χ1v) is 6.54. The largest absolute Gasteiger partial charge is 0.370 e. The Hall–Kier alpha value is -0.0400. The van der Waals surface area contributed by atoms with E-state index < -0.39 is 0 Å². The zero-order valence-electron chi connectivity index (χ0n) is 9.93. The van der Waals surface area contributed by atoms with Crippen molar-refractivity contribution in [3.63, 3.8) is 0 Å². The van der Waals surface area contributed by atoms with E-state index in [2.05, 4.69) is 13.8 Å². The molecule has 0 N–H and O–H groups in total. The molecule has 1 nitrogen and oxygen atoms in total. The topological polar surface area (TPSA) is 12.5 Å². The van der Waals surface area contributed by atoms with Crippen LogP contribution in [0.25, 0.3) is 0 Å². The molecule has 0 saturated carbocycles. The summed E-state index contributed by atoms with van der Waals surface area (Å²) in [5.41, 5.74) is 0. The number of ether oxygens (including phenoxy) is 1. The van der Waals surface area contributed by atoms with Crippen LogP contribution in [0, 0.1) is 0 Å². The molecule has 84 valence electrons. The Bertz CT molecular complexity index is 133. The molecule has 1 heterocycles. The third-order valence-corrected chi connectivity index (χ3v) is 3.12. The van der Waals surface area contributed by atoms with E-state index in [1.165, 1.54) is 57.8 Å². The summed E-state index contributed by atoms with van der Waals surface area (Å²) in [7, 11) is 0. The highest BCUT2D eigenvalue weighted by Gasteiger charge is 2.36. The summed E-state index contributed by atoms with van der Waals surface area (Å²) in [5, 5.41) is 0. The summed E-state index contributed by atoms with van der Waals surface area (Å²) in [6.45, 7) is 4.52. The van der Waals surface area contributed by atoms with Gasteiger partial charge in [-0.2, -0.15) is 0 Å². The fraction of sp³-hybridized carbons (Fsp3) is 1.00. The lowest BCUT2D eigenvalue weighted by Crippen LogP contribution is -1.94. The maximum Gasteiger partial charge on any atom is 0.0841 e. The lowest BCUT2D eigenvalue weighted by Gasteiger charge is -1.97. The maximum absolute atomic E-state index is 5.63. The first kappa shape index (κ1) is 12.0. The molecule has 0 aromatic rings. The predicted octanol–water partition coefficient (Wildman–Crippen LogP) is 4.30. The Morgan fingerprint density at radius 1 is 0.714 bits per heavy atom. The van der Waals surface area contributed by atoms with Crippen LogP contribution >= 0.6 is 0 Å². The molecule has 14 heavy (non-hydrogen) atoms. The Morgan fingerprint density at radius 3 is 1.93 bits per heavy atom. The molecular formula is C13H26O. The van der Waals surface area contributed by atoms with E-state index in [4.69, 9.17) is 4.74 Å². The molecule has 2 unspecified atom stereocenters. The van der Waals surface area contributed by atoms with Crippen LogP contribution in [-0.2, 0) is 4.74 Å². The molecule has 1 aliphatic heterocycles. The van der Waals surface area contributed by atoms with Crippen LogP contribution in [0.15, 0.2) is 0 Å². The number of unbranched alkanes of at least 4 members (excludes halogenated alkanes) is 5. The molecule has 0 spiro atoms. The molecule has 0 aromatic heterocycles. The first-order chi connectivity index (χ1) is 6.88. The molecule has 0 bridgehead atoms. The monoisotopic (exact) mass is 198 g/mol. The fourth-order valence-electron chi connectivity index (χ4n) is 2.04. The maximum atomic E-state index is 5.63. The number of hydrogen-bond acceptors (Lipinski definition) is 1. The van der Waals surface area contributed by atoms with Gasteiger partial charge in [0, 0.05) is 0 Å². The first-order valence-electron chi connectivity index (χ1n) is 6.54. The van der Waals surface area contributed by atoms with Crippen LogP contribution in [-0.4, -0.2) is 12.2 Å². The molecule has 1 saturated heterocycles. The second-order valence-electron chi connectivity index (χ2n) is 4.56. The molecule has 1 aliphatic rings. The minimum absolute atomic E-state index is 0.640. The van der Waals surface area contributed by atoms with Crippen LogP contribution in [0.4, 0.5) is 0 Å². The van der Waals surface area contributed by atoms with E-state index in [9.17, 15) is 0 Å². The highest BCUT2D eigenvalue weighted by atomic mass is 16.6. The smallest absolute Gasteiger partial charge is 0.0841 e. The number of epoxide rings is 1. The Morgan fingerprint density at radius 2 is 1.29 bits per heavy atom. The highest BCUT2D eigenvalue weighted by Crippen LogP contribution is 2.31. The van der Waals surface area contributed by atoms with Gasteiger partial charge in [0.1, 0.15) is 0 Å². The zero-order chi connectivity index (χ0) is 10.2. The highest BCUT2D eigenvalue weighted by molar-refractivity contribution is 4.84. The molecule has 1 fully saturated rings. The van der Waals surface area contributed by atoms with E-state index >= 15 is 0 Å². The minimum atomic E-state index is 0.640. The van der Waals surface area contributed by atoms with E-state index in [0.29, 0.717) is 12.2 Å². The van der Waals surface area contributed by atoms with Crippen molar-refractivity contribution in [1.29, 1.82) is 0 Å². The average molecular weight is 198 g/mol. The van der Waals surface area contributed by atoms with Gasteiger partial charge in [-0.15, -0.1) is 0 Å². The number of hydrogen-bond donors (Lipinski definition) is 0. The van der Waals surface area contributed by atoms with Gasteiger partial charge < -0.3 is 4.74 Å². The zero-order valence-corrected chi connectivity index (χ0v) is 9.93. The van der Waals surface area contributed by atoms with Gasteiger partial charge >= 0.3 is 0 Å². The predicted molar refractivity (Wildman–Crippen MR) is 61.6 cm³/mol. The van der Waals surface area contributed by atoms with Crippen LogP contribution in [0.5, 0.6) is 0 Å². The number of rotatable bonds is 9. The fourth-order valence-corrected chi connectivity index (χ4v) is 2.04. The molecule has 1 heteroatoms. The summed E-state index contributed by atoms with van der Waals surface area (Å²) in [4.78, 5) is 0. The summed E-state index contributed by atoms with van der Waals surface area (Å²) in [6, 6.07) is 0. The van der Waals surface area contributed by atoms with Gasteiger partial charge in [-0.1, -0.05) is 58.8 Å². The summed E-state index contributed by atoms with van der Waals surface area (Å²) >= 11 is 0. The molecule has 0 aliphatic carbocycles.